The highest BCUT2D eigenvalue weighted by molar-refractivity contribution is 9.10. The van der Waals surface area contributed by atoms with Crippen molar-refractivity contribution in [2.24, 2.45) is 0 Å². The molecule has 118 valence electrons. The van der Waals surface area contributed by atoms with Crippen molar-refractivity contribution in [2.45, 2.75) is 6.10 Å². The Morgan fingerprint density at radius 2 is 2.22 bits per heavy atom. The molecule has 0 aliphatic rings. The summed E-state index contributed by atoms with van der Waals surface area (Å²) in [5, 5.41) is 17.1. The lowest BCUT2D eigenvalue weighted by atomic mass is 10.2. The minimum Gasteiger partial charge on any atom is -0.386 e. The summed E-state index contributed by atoms with van der Waals surface area (Å²) in [4.78, 5) is 17.9. The Hall–Kier alpha value is -1.54. The van der Waals surface area contributed by atoms with Crippen LogP contribution < -0.4 is 5.32 Å². The number of rotatable bonds is 5. The highest BCUT2D eigenvalue weighted by Crippen LogP contribution is 2.32. The molecular weight excluding hydrogens is 396 g/mol. The summed E-state index contributed by atoms with van der Waals surface area (Å²) >= 11 is 6.46. The van der Waals surface area contributed by atoms with Crippen LogP contribution in [0.1, 0.15) is 21.3 Å². The van der Waals surface area contributed by atoms with E-state index in [1.54, 1.807) is 23.6 Å². The van der Waals surface area contributed by atoms with Gasteiger partial charge in [0.1, 0.15) is 6.10 Å². The first-order chi connectivity index (χ1) is 11.1. The van der Waals surface area contributed by atoms with Gasteiger partial charge in [0.15, 0.2) is 0 Å². The van der Waals surface area contributed by atoms with Gasteiger partial charge in [0.25, 0.3) is 5.91 Å². The van der Waals surface area contributed by atoms with Gasteiger partial charge < -0.3 is 10.4 Å². The number of aliphatic hydroxyl groups excluding tert-OH is 1. The predicted molar refractivity (Wildman–Crippen MR) is 96.9 cm³/mol. The monoisotopic (exact) mass is 408 g/mol. The molecule has 3 aromatic rings. The Bertz CT molecular complexity index is 802. The Morgan fingerprint density at radius 3 is 2.96 bits per heavy atom. The van der Waals surface area contributed by atoms with Crippen LogP contribution in [0, 0.1) is 0 Å². The van der Waals surface area contributed by atoms with Crippen molar-refractivity contribution in [3.05, 3.63) is 62.3 Å². The number of pyridine rings is 1. The summed E-state index contributed by atoms with van der Waals surface area (Å²) in [6.07, 6.45) is 2.38. The van der Waals surface area contributed by atoms with Gasteiger partial charge >= 0.3 is 0 Å². The topological polar surface area (TPSA) is 62.2 Å². The van der Waals surface area contributed by atoms with E-state index < -0.39 is 6.10 Å². The second-order valence-corrected chi connectivity index (χ2v) is 7.64. The van der Waals surface area contributed by atoms with Gasteiger partial charge in [0.05, 0.1) is 5.56 Å². The van der Waals surface area contributed by atoms with E-state index in [0.29, 0.717) is 5.56 Å². The van der Waals surface area contributed by atoms with Crippen molar-refractivity contribution in [1.82, 2.24) is 10.3 Å². The second-order valence-electron chi connectivity index (χ2n) is 4.83. The Labute approximate surface area is 150 Å². The minimum atomic E-state index is -0.726. The smallest absolute Gasteiger partial charge is 0.252 e. The lowest BCUT2D eigenvalue weighted by molar-refractivity contribution is 0.0917. The van der Waals surface area contributed by atoms with E-state index in [9.17, 15) is 9.90 Å². The molecule has 0 spiro atoms. The second kappa shape index (κ2) is 7.35. The first-order valence-corrected chi connectivity index (χ1v) is 9.38. The van der Waals surface area contributed by atoms with Crippen LogP contribution in [0.25, 0.3) is 10.4 Å². The fraction of sp³-hybridized carbons (Fsp3) is 0.125. The van der Waals surface area contributed by atoms with E-state index >= 15 is 0 Å². The Kier molecular flexibility index (Phi) is 5.22. The molecule has 3 rings (SSSR count). The molecule has 0 aliphatic carbocycles. The molecule has 0 bridgehead atoms. The van der Waals surface area contributed by atoms with E-state index in [4.69, 9.17) is 0 Å². The molecule has 0 aromatic carbocycles. The fourth-order valence-electron chi connectivity index (χ4n) is 2.02. The van der Waals surface area contributed by atoms with Crippen LogP contribution in [0.5, 0.6) is 0 Å². The van der Waals surface area contributed by atoms with Crippen LogP contribution in [0.3, 0.4) is 0 Å². The number of aliphatic hydroxyl groups is 1. The van der Waals surface area contributed by atoms with Gasteiger partial charge in [-0.3, -0.25) is 9.78 Å². The highest BCUT2D eigenvalue weighted by Gasteiger charge is 2.14. The molecule has 0 aliphatic heterocycles. The number of thiophene rings is 2. The van der Waals surface area contributed by atoms with E-state index in [0.717, 1.165) is 19.8 Å². The van der Waals surface area contributed by atoms with Gasteiger partial charge in [0, 0.05) is 38.7 Å². The predicted octanol–water partition coefficient (Wildman–Crippen LogP) is 4.10. The van der Waals surface area contributed by atoms with Crippen molar-refractivity contribution in [1.29, 1.82) is 0 Å². The summed E-state index contributed by atoms with van der Waals surface area (Å²) in [7, 11) is 0. The molecule has 7 heteroatoms. The summed E-state index contributed by atoms with van der Waals surface area (Å²) in [5.41, 5.74) is 1.61. The molecule has 23 heavy (non-hydrogen) atoms. The normalized spacial score (nSPS) is 12.1. The van der Waals surface area contributed by atoms with Crippen molar-refractivity contribution in [3.8, 4) is 10.4 Å². The maximum atomic E-state index is 12.0. The molecule has 3 aromatic heterocycles. The average Bonchev–Trinajstić information content (AvgIpc) is 3.22. The van der Waals surface area contributed by atoms with Crippen LogP contribution >= 0.6 is 38.6 Å². The molecule has 0 saturated heterocycles. The fourth-order valence-corrected chi connectivity index (χ4v) is 4.11. The molecule has 4 nitrogen and oxygen atoms in total. The summed E-state index contributed by atoms with van der Waals surface area (Å²) in [6, 6.07) is 7.63. The van der Waals surface area contributed by atoms with Crippen molar-refractivity contribution in [3.63, 3.8) is 0 Å². The SMILES string of the molecule is O=C(NCC(O)c1ccc(-c2ccsc2)s1)c1cncc(Br)c1. The van der Waals surface area contributed by atoms with E-state index in [1.807, 2.05) is 17.5 Å². The molecule has 0 radical (unpaired) electrons. The summed E-state index contributed by atoms with van der Waals surface area (Å²) in [6.45, 7) is 0.162. The number of halogens is 1. The standard InChI is InChI=1S/C16H13BrN2O2S2/c17-12-5-11(6-18-7-12)16(21)19-8-13(20)15-2-1-14(23-15)10-3-4-22-9-10/h1-7,9,13,20H,8H2,(H,19,21). The first-order valence-electron chi connectivity index (χ1n) is 6.82. The zero-order chi connectivity index (χ0) is 16.2. The molecule has 3 heterocycles. The van der Waals surface area contributed by atoms with Gasteiger partial charge in [0.2, 0.25) is 0 Å². The number of carbonyl (C=O) groups excluding carboxylic acids is 1. The number of hydrogen-bond donors (Lipinski definition) is 2. The Balaban J connectivity index is 1.61. The number of nitrogens with one attached hydrogen (secondary N) is 1. The quantitative estimate of drug-likeness (QED) is 0.667. The highest BCUT2D eigenvalue weighted by atomic mass is 79.9. The Morgan fingerprint density at radius 1 is 1.35 bits per heavy atom. The van der Waals surface area contributed by atoms with E-state index in [2.05, 4.69) is 37.7 Å². The third-order valence-corrected chi connectivity index (χ3v) is 5.54. The minimum absolute atomic E-state index is 0.162. The van der Waals surface area contributed by atoms with E-state index in [1.165, 1.54) is 17.5 Å². The summed E-state index contributed by atoms with van der Waals surface area (Å²) < 4.78 is 0.740. The zero-order valence-electron chi connectivity index (χ0n) is 11.9. The third-order valence-electron chi connectivity index (χ3n) is 3.18. The number of amides is 1. The maximum Gasteiger partial charge on any atom is 0.252 e. The van der Waals surface area contributed by atoms with Crippen LogP contribution in [-0.2, 0) is 0 Å². The largest absolute Gasteiger partial charge is 0.386 e. The van der Waals surface area contributed by atoms with Gasteiger partial charge in [-0.15, -0.1) is 11.3 Å². The molecule has 1 amide bonds. The van der Waals surface area contributed by atoms with Crippen LogP contribution in [0.4, 0.5) is 0 Å². The average molecular weight is 409 g/mol. The van der Waals surface area contributed by atoms with Gasteiger partial charge in [-0.2, -0.15) is 11.3 Å². The molecule has 1 atom stereocenters. The van der Waals surface area contributed by atoms with Gasteiger partial charge in [-0.05, 0) is 51.0 Å². The number of hydrogen-bond acceptors (Lipinski definition) is 5. The molecule has 0 fully saturated rings. The molecule has 0 saturated carbocycles. The molecule has 1 unspecified atom stereocenters. The number of carbonyl (C=O) groups is 1. The number of aromatic nitrogens is 1. The van der Waals surface area contributed by atoms with Gasteiger partial charge in [-0.1, -0.05) is 0 Å². The van der Waals surface area contributed by atoms with Crippen LogP contribution in [-0.4, -0.2) is 22.5 Å². The maximum absolute atomic E-state index is 12.0. The van der Waals surface area contributed by atoms with Crippen LogP contribution in [0.15, 0.2) is 51.9 Å². The van der Waals surface area contributed by atoms with Crippen molar-refractivity contribution in [2.75, 3.05) is 6.54 Å². The first kappa shape index (κ1) is 16.3. The van der Waals surface area contributed by atoms with E-state index in [-0.39, 0.29) is 12.5 Å². The van der Waals surface area contributed by atoms with Crippen molar-refractivity contribution < 1.29 is 9.90 Å². The zero-order valence-corrected chi connectivity index (χ0v) is 15.1. The van der Waals surface area contributed by atoms with Gasteiger partial charge in [-0.25, -0.2) is 0 Å². The number of nitrogens with zero attached hydrogens (tertiary/aromatic N) is 1. The lowest BCUT2D eigenvalue weighted by Crippen LogP contribution is -2.28. The third kappa shape index (κ3) is 4.06. The lowest BCUT2D eigenvalue weighted by Gasteiger charge is -2.10. The molecular formula is C16H13BrN2O2S2. The van der Waals surface area contributed by atoms with Crippen LogP contribution in [0.2, 0.25) is 0 Å². The van der Waals surface area contributed by atoms with Crippen molar-refractivity contribution >= 4 is 44.5 Å². The summed E-state index contributed by atoms with van der Waals surface area (Å²) in [5.74, 6) is -0.257. The molecule has 2 N–H and O–H groups in total.